The van der Waals surface area contributed by atoms with Gasteiger partial charge in [-0.25, -0.2) is 9.59 Å². The van der Waals surface area contributed by atoms with Crippen molar-refractivity contribution in [3.05, 3.63) is 0 Å². The molecule has 1 rings (SSSR count). The van der Waals surface area contributed by atoms with E-state index in [9.17, 15) is 14.4 Å². The fourth-order valence-corrected chi connectivity index (χ4v) is 1.19. The molecule has 4 N–H and O–H groups in total. The van der Waals surface area contributed by atoms with E-state index in [1.807, 2.05) is 0 Å². The van der Waals surface area contributed by atoms with E-state index in [2.05, 4.69) is 10.6 Å². The first-order valence-electron chi connectivity index (χ1n) is 5.59. The smallest absolute Gasteiger partial charge is 0.334 e. The third-order valence-corrected chi connectivity index (χ3v) is 2.40. The third kappa shape index (κ3) is 5.00. The molecule has 3 amide bonds. The number of hydrogen-bond acceptors (Lipinski definition) is 4. The van der Waals surface area contributed by atoms with Crippen LogP contribution in [-0.2, 0) is 9.59 Å². The predicted octanol–water partition coefficient (Wildman–Crippen LogP) is -1.65. The SMILES string of the molecule is CN(CC(=O)NC1CC1)C(=O)NC[C@H](O)C(=O)O. The highest BCUT2D eigenvalue weighted by atomic mass is 16.4. The van der Waals surface area contributed by atoms with E-state index in [1.54, 1.807) is 0 Å². The standard InChI is InChI=1S/C10H17N3O5/c1-13(5-8(15)12-6-2-3-6)10(18)11-4-7(14)9(16)17/h6-7,14H,2-5H2,1H3,(H,11,18)(H,12,15)(H,16,17)/t7-/m0/s1. The van der Waals surface area contributed by atoms with Crippen molar-refractivity contribution in [3.63, 3.8) is 0 Å². The summed E-state index contributed by atoms with van der Waals surface area (Å²) < 4.78 is 0. The van der Waals surface area contributed by atoms with Gasteiger partial charge in [0.05, 0.1) is 6.54 Å². The molecule has 0 unspecified atom stereocenters. The van der Waals surface area contributed by atoms with Crippen molar-refractivity contribution in [2.24, 2.45) is 0 Å². The van der Waals surface area contributed by atoms with Crippen LogP contribution in [0.3, 0.4) is 0 Å². The van der Waals surface area contributed by atoms with Gasteiger partial charge < -0.3 is 25.7 Å². The number of rotatable bonds is 6. The molecule has 102 valence electrons. The highest BCUT2D eigenvalue weighted by molar-refractivity contribution is 5.84. The summed E-state index contributed by atoms with van der Waals surface area (Å²) in [5, 5.41) is 22.3. The normalized spacial score (nSPS) is 15.7. The third-order valence-electron chi connectivity index (χ3n) is 2.40. The summed E-state index contributed by atoms with van der Waals surface area (Å²) in [5.41, 5.74) is 0. The topological polar surface area (TPSA) is 119 Å². The minimum Gasteiger partial charge on any atom is -0.479 e. The first-order valence-corrected chi connectivity index (χ1v) is 5.59. The van der Waals surface area contributed by atoms with Gasteiger partial charge in [0.2, 0.25) is 5.91 Å². The Hall–Kier alpha value is -1.83. The van der Waals surface area contributed by atoms with Crippen molar-refractivity contribution in [1.82, 2.24) is 15.5 Å². The summed E-state index contributed by atoms with van der Waals surface area (Å²) in [5.74, 6) is -1.67. The number of carboxylic acid groups (broad SMARTS) is 1. The lowest BCUT2D eigenvalue weighted by Crippen LogP contribution is -2.46. The number of carboxylic acids is 1. The summed E-state index contributed by atoms with van der Waals surface area (Å²) >= 11 is 0. The van der Waals surface area contributed by atoms with Crippen LogP contribution in [0.2, 0.25) is 0 Å². The number of carbonyl (C=O) groups is 3. The number of urea groups is 1. The summed E-state index contributed by atoms with van der Waals surface area (Å²) in [6, 6.07) is -0.385. The number of likely N-dealkylation sites (N-methyl/N-ethyl adjacent to an activating group) is 1. The van der Waals surface area contributed by atoms with Gasteiger partial charge >= 0.3 is 12.0 Å². The Morgan fingerprint density at radius 3 is 2.50 bits per heavy atom. The van der Waals surface area contributed by atoms with E-state index in [-0.39, 0.29) is 18.5 Å². The second kappa shape index (κ2) is 6.20. The van der Waals surface area contributed by atoms with E-state index in [1.165, 1.54) is 7.05 Å². The number of aliphatic carboxylic acids is 1. The lowest BCUT2D eigenvalue weighted by atomic mass is 10.3. The monoisotopic (exact) mass is 259 g/mol. The fourth-order valence-electron chi connectivity index (χ4n) is 1.19. The molecule has 0 aliphatic heterocycles. The zero-order valence-electron chi connectivity index (χ0n) is 10.0. The van der Waals surface area contributed by atoms with Crippen LogP contribution in [0.15, 0.2) is 0 Å². The van der Waals surface area contributed by atoms with Crippen LogP contribution in [0.5, 0.6) is 0 Å². The minimum absolute atomic E-state index is 0.106. The summed E-state index contributed by atoms with van der Waals surface area (Å²) in [6.07, 6.45) is 0.279. The van der Waals surface area contributed by atoms with E-state index in [0.717, 1.165) is 17.7 Å². The molecule has 1 fully saturated rings. The Bertz CT molecular complexity index is 342. The zero-order valence-corrected chi connectivity index (χ0v) is 10.0. The molecule has 18 heavy (non-hydrogen) atoms. The van der Waals surface area contributed by atoms with Crippen LogP contribution in [-0.4, -0.2) is 65.3 Å². The average Bonchev–Trinajstić information content (AvgIpc) is 3.08. The van der Waals surface area contributed by atoms with E-state index < -0.39 is 24.6 Å². The molecule has 0 aromatic carbocycles. The molecule has 0 bridgehead atoms. The summed E-state index contributed by atoms with van der Waals surface area (Å²) in [7, 11) is 1.41. The van der Waals surface area contributed by atoms with E-state index in [4.69, 9.17) is 10.2 Å². The average molecular weight is 259 g/mol. The Labute approximate surface area is 104 Å². The van der Waals surface area contributed by atoms with Crippen LogP contribution in [0.4, 0.5) is 4.79 Å². The predicted molar refractivity (Wildman–Crippen MR) is 60.8 cm³/mol. The number of aliphatic hydroxyl groups excluding tert-OH is 1. The van der Waals surface area contributed by atoms with Gasteiger partial charge in [0.1, 0.15) is 6.54 Å². The van der Waals surface area contributed by atoms with E-state index >= 15 is 0 Å². The Morgan fingerprint density at radius 1 is 1.39 bits per heavy atom. The molecule has 0 aromatic rings. The molecule has 8 heteroatoms. The van der Waals surface area contributed by atoms with E-state index in [0.29, 0.717) is 0 Å². The highest BCUT2D eigenvalue weighted by Gasteiger charge is 2.24. The first kappa shape index (κ1) is 14.2. The molecule has 0 spiro atoms. The van der Waals surface area contributed by atoms with Crippen molar-refractivity contribution in [2.45, 2.75) is 25.0 Å². The van der Waals surface area contributed by atoms with Gasteiger partial charge in [-0.15, -0.1) is 0 Å². The maximum absolute atomic E-state index is 11.4. The second-order valence-corrected chi connectivity index (χ2v) is 4.24. The molecular weight excluding hydrogens is 242 g/mol. The molecule has 1 aliphatic carbocycles. The molecule has 0 aromatic heterocycles. The van der Waals surface area contributed by atoms with Gasteiger partial charge in [-0.3, -0.25) is 4.79 Å². The Balaban J connectivity index is 2.22. The maximum atomic E-state index is 11.4. The van der Waals surface area contributed by atoms with Crippen molar-refractivity contribution in [2.75, 3.05) is 20.1 Å². The molecular formula is C10H17N3O5. The molecule has 1 atom stereocenters. The second-order valence-electron chi connectivity index (χ2n) is 4.24. The van der Waals surface area contributed by atoms with Gasteiger partial charge in [0.25, 0.3) is 0 Å². The molecule has 1 aliphatic rings. The van der Waals surface area contributed by atoms with Gasteiger partial charge in [-0.1, -0.05) is 0 Å². The van der Waals surface area contributed by atoms with Gasteiger partial charge in [-0.2, -0.15) is 0 Å². The van der Waals surface area contributed by atoms with Crippen molar-refractivity contribution >= 4 is 17.9 Å². The number of nitrogens with one attached hydrogen (secondary N) is 2. The molecule has 0 heterocycles. The molecule has 0 saturated heterocycles. The number of amides is 3. The lowest BCUT2D eigenvalue weighted by Gasteiger charge is -2.18. The number of aliphatic hydroxyl groups is 1. The largest absolute Gasteiger partial charge is 0.479 e. The number of carbonyl (C=O) groups excluding carboxylic acids is 2. The fraction of sp³-hybridized carbons (Fsp3) is 0.700. The molecule has 0 radical (unpaired) electrons. The molecule has 1 saturated carbocycles. The first-order chi connectivity index (χ1) is 8.40. The van der Waals surface area contributed by atoms with Crippen LogP contribution in [0.25, 0.3) is 0 Å². The van der Waals surface area contributed by atoms with Gasteiger partial charge in [-0.05, 0) is 12.8 Å². The Morgan fingerprint density at radius 2 is 2.00 bits per heavy atom. The van der Waals surface area contributed by atoms with Gasteiger partial charge in [0.15, 0.2) is 6.10 Å². The maximum Gasteiger partial charge on any atom is 0.334 e. The van der Waals surface area contributed by atoms with Crippen LogP contribution >= 0.6 is 0 Å². The summed E-state index contributed by atoms with van der Waals surface area (Å²) in [4.78, 5) is 34.2. The van der Waals surface area contributed by atoms with Crippen molar-refractivity contribution < 1.29 is 24.6 Å². The van der Waals surface area contributed by atoms with Crippen molar-refractivity contribution in [1.29, 1.82) is 0 Å². The summed E-state index contributed by atoms with van der Waals surface area (Å²) in [6.45, 7) is -0.506. The highest BCUT2D eigenvalue weighted by Crippen LogP contribution is 2.18. The number of nitrogens with zero attached hydrogens (tertiary/aromatic N) is 1. The van der Waals surface area contributed by atoms with Crippen LogP contribution in [0.1, 0.15) is 12.8 Å². The minimum atomic E-state index is -1.65. The Kier molecular flexibility index (Phi) is 4.90. The van der Waals surface area contributed by atoms with Crippen LogP contribution < -0.4 is 10.6 Å². The van der Waals surface area contributed by atoms with Gasteiger partial charge in [0, 0.05) is 13.1 Å². The van der Waals surface area contributed by atoms with Crippen LogP contribution in [0, 0.1) is 0 Å². The number of hydrogen-bond donors (Lipinski definition) is 4. The zero-order chi connectivity index (χ0) is 13.7. The lowest BCUT2D eigenvalue weighted by molar-refractivity contribution is -0.146. The molecule has 8 nitrogen and oxygen atoms in total. The van der Waals surface area contributed by atoms with Crippen molar-refractivity contribution in [3.8, 4) is 0 Å². The quantitative estimate of drug-likeness (QED) is 0.456.